The molecule has 0 aromatic heterocycles. The minimum Gasteiger partial charge on any atom is -0.0985 e. The molecule has 0 fully saturated rings. The van der Waals surface area contributed by atoms with Crippen LogP contribution in [0.3, 0.4) is 0 Å². The van der Waals surface area contributed by atoms with Gasteiger partial charge in [0.15, 0.2) is 0 Å². The zero-order valence-corrected chi connectivity index (χ0v) is 19.9. The molecule has 0 heterocycles. The van der Waals surface area contributed by atoms with Gasteiger partial charge in [0.2, 0.25) is 0 Å². The normalized spacial score (nSPS) is 11.4. The Labute approximate surface area is 210 Å². The second-order valence-corrected chi connectivity index (χ2v) is 9.43. The molecule has 0 N–H and O–H groups in total. The van der Waals surface area contributed by atoms with Crippen LogP contribution in [0.1, 0.15) is 5.56 Å². The number of rotatable bonds is 3. The van der Waals surface area contributed by atoms with Crippen molar-refractivity contribution in [1.82, 2.24) is 0 Å². The highest BCUT2D eigenvalue weighted by atomic mass is 14.2. The molecular formula is C36H24. The van der Waals surface area contributed by atoms with E-state index in [1.807, 2.05) is 6.08 Å². The molecule has 0 heteroatoms. The molecule has 0 saturated carbocycles. The molecule has 0 amide bonds. The minimum absolute atomic E-state index is 1.13. The van der Waals surface area contributed by atoms with Gasteiger partial charge >= 0.3 is 0 Å². The van der Waals surface area contributed by atoms with E-state index in [1.54, 1.807) is 0 Å². The van der Waals surface area contributed by atoms with Crippen LogP contribution in [0.5, 0.6) is 0 Å². The summed E-state index contributed by atoms with van der Waals surface area (Å²) in [6.07, 6.45) is 1.94. The van der Waals surface area contributed by atoms with Gasteiger partial charge in [0.1, 0.15) is 0 Å². The topological polar surface area (TPSA) is 0 Å². The van der Waals surface area contributed by atoms with E-state index in [2.05, 4.69) is 134 Å². The van der Waals surface area contributed by atoms with Gasteiger partial charge in [0.05, 0.1) is 0 Å². The predicted octanol–water partition coefficient (Wildman–Crippen LogP) is 10.3. The van der Waals surface area contributed by atoms with Crippen LogP contribution in [0.2, 0.25) is 0 Å². The Morgan fingerprint density at radius 3 is 1.42 bits per heavy atom. The lowest BCUT2D eigenvalue weighted by atomic mass is 9.84. The summed E-state index contributed by atoms with van der Waals surface area (Å²) in [5.41, 5.74) is 6.17. The summed E-state index contributed by atoms with van der Waals surface area (Å²) >= 11 is 0. The maximum absolute atomic E-state index is 4.06. The van der Waals surface area contributed by atoms with Crippen LogP contribution in [-0.2, 0) is 0 Å². The second-order valence-electron chi connectivity index (χ2n) is 9.43. The maximum Gasteiger partial charge on any atom is -0.00259 e. The van der Waals surface area contributed by atoms with Crippen LogP contribution in [0, 0.1) is 0 Å². The van der Waals surface area contributed by atoms with Crippen LogP contribution >= 0.6 is 0 Å². The Balaban J connectivity index is 1.63. The zero-order valence-electron chi connectivity index (χ0n) is 19.9. The van der Waals surface area contributed by atoms with Crippen molar-refractivity contribution in [2.24, 2.45) is 0 Å². The van der Waals surface area contributed by atoms with Gasteiger partial charge in [-0.1, -0.05) is 122 Å². The van der Waals surface area contributed by atoms with E-state index in [4.69, 9.17) is 0 Å². The van der Waals surface area contributed by atoms with Gasteiger partial charge in [-0.3, -0.25) is 0 Å². The van der Waals surface area contributed by atoms with Gasteiger partial charge in [-0.15, -0.1) is 0 Å². The van der Waals surface area contributed by atoms with Crippen LogP contribution in [0.15, 0.2) is 134 Å². The van der Waals surface area contributed by atoms with Crippen molar-refractivity contribution >= 4 is 49.2 Å². The molecule has 0 atom stereocenters. The largest absolute Gasteiger partial charge is 0.0985 e. The van der Waals surface area contributed by atoms with Gasteiger partial charge in [-0.05, 0) is 89.1 Å². The third-order valence-electron chi connectivity index (χ3n) is 7.36. The summed E-state index contributed by atoms with van der Waals surface area (Å²) in [7, 11) is 0. The predicted molar refractivity (Wildman–Crippen MR) is 157 cm³/mol. The molecule has 0 unspecified atom stereocenters. The van der Waals surface area contributed by atoms with Crippen molar-refractivity contribution in [1.29, 1.82) is 0 Å². The van der Waals surface area contributed by atoms with Crippen LogP contribution in [0.25, 0.3) is 71.4 Å². The first-order chi connectivity index (χ1) is 17.8. The van der Waals surface area contributed by atoms with E-state index in [-0.39, 0.29) is 0 Å². The average Bonchev–Trinajstić information content (AvgIpc) is 2.95. The first kappa shape index (κ1) is 20.7. The third-order valence-corrected chi connectivity index (χ3v) is 7.36. The van der Waals surface area contributed by atoms with Crippen LogP contribution in [0.4, 0.5) is 0 Å². The highest BCUT2D eigenvalue weighted by molar-refractivity contribution is 6.22. The van der Waals surface area contributed by atoms with Crippen LogP contribution in [-0.4, -0.2) is 0 Å². The number of benzene rings is 7. The van der Waals surface area contributed by atoms with Gasteiger partial charge in [-0.25, -0.2) is 0 Å². The monoisotopic (exact) mass is 456 g/mol. The van der Waals surface area contributed by atoms with E-state index in [0.717, 1.165) is 5.56 Å². The first-order valence-electron chi connectivity index (χ1n) is 12.4. The first-order valence-corrected chi connectivity index (χ1v) is 12.4. The molecule has 0 radical (unpaired) electrons. The van der Waals surface area contributed by atoms with Crippen molar-refractivity contribution in [3.63, 3.8) is 0 Å². The van der Waals surface area contributed by atoms with E-state index < -0.39 is 0 Å². The average molecular weight is 457 g/mol. The highest BCUT2D eigenvalue weighted by Crippen LogP contribution is 2.44. The van der Waals surface area contributed by atoms with Crippen molar-refractivity contribution in [2.45, 2.75) is 0 Å². The highest BCUT2D eigenvalue weighted by Gasteiger charge is 2.17. The Kier molecular flexibility index (Phi) is 4.72. The van der Waals surface area contributed by atoms with Gasteiger partial charge in [-0.2, -0.15) is 0 Å². The fourth-order valence-corrected chi connectivity index (χ4v) is 5.63. The molecule has 0 nitrogen and oxygen atoms in total. The summed E-state index contributed by atoms with van der Waals surface area (Å²) in [5.74, 6) is 0. The van der Waals surface area contributed by atoms with E-state index in [0.29, 0.717) is 0 Å². The van der Waals surface area contributed by atoms with Crippen molar-refractivity contribution in [3.8, 4) is 22.3 Å². The number of hydrogen-bond donors (Lipinski definition) is 0. The smallest absolute Gasteiger partial charge is 0.00259 e. The molecule has 168 valence electrons. The van der Waals surface area contributed by atoms with E-state index >= 15 is 0 Å². The Morgan fingerprint density at radius 2 is 0.861 bits per heavy atom. The number of hydrogen-bond acceptors (Lipinski definition) is 0. The molecule has 0 spiro atoms. The SMILES string of the molecule is C=Cc1ccc2c(-c3ccc4ccccc4c3)c3ccccc3c(-c3ccc4ccccc4c3)c2c1. The molecule has 7 aromatic carbocycles. The van der Waals surface area contributed by atoms with Crippen LogP contribution < -0.4 is 0 Å². The van der Waals surface area contributed by atoms with Gasteiger partial charge < -0.3 is 0 Å². The fraction of sp³-hybridized carbons (Fsp3) is 0. The zero-order chi connectivity index (χ0) is 24.1. The molecule has 7 aromatic rings. The molecule has 0 aliphatic carbocycles. The van der Waals surface area contributed by atoms with Crippen molar-refractivity contribution in [2.75, 3.05) is 0 Å². The molecule has 0 bridgehead atoms. The summed E-state index contributed by atoms with van der Waals surface area (Å²) < 4.78 is 0. The molecule has 0 saturated heterocycles. The minimum atomic E-state index is 1.13. The Bertz CT molecular complexity index is 1960. The Morgan fingerprint density at radius 1 is 0.389 bits per heavy atom. The molecule has 7 rings (SSSR count). The fourth-order valence-electron chi connectivity index (χ4n) is 5.63. The van der Waals surface area contributed by atoms with E-state index in [9.17, 15) is 0 Å². The lowest BCUT2D eigenvalue weighted by Crippen LogP contribution is -1.92. The lowest BCUT2D eigenvalue weighted by molar-refractivity contribution is 1.67. The Hall–Kier alpha value is -4.68. The van der Waals surface area contributed by atoms with Gasteiger partial charge in [0, 0.05) is 0 Å². The molecule has 0 aliphatic heterocycles. The lowest BCUT2D eigenvalue weighted by Gasteiger charge is -2.19. The summed E-state index contributed by atoms with van der Waals surface area (Å²) in [5, 5.41) is 10.1. The van der Waals surface area contributed by atoms with Gasteiger partial charge in [0.25, 0.3) is 0 Å². The summed E-state index contributed by atoms with van der Waals surface area (Å²) in [6.45, 7) is 4.06. The summed E-state index contributed by atoms with van der Waals surface area (Å²) in [6, 6.07) is 46.4. The summed E-state index contributed by atoms with van der Waals surface area (Å²) in [4.78, 5) is 0. The van der Waals surface area contributed by atoms with Crippen molar-refractivity contribution < 1.29 is 0 Å². The molecule has 36 heavy (non-hydrogen) atoms. The van der Waals surface area contributed by atoms with Crippen molar-refractivity contribution in [3.05, 3.63) is 140 Å². The maximum atomic E-state index is 4.06. The third kappa shape index (κ3) is 3.23. The number of fused-ring (bicyclic) bond motifs is 4. The quantitative estimate of drug-likeness (QED) is 0.232. The van der Waals surface area contributed by atoms with E-state index in [1.165, 1.54) is 65.3 Å². The second kappa shape index (κ2) is 8.22. The molecular weight excluding hydrogens is 432 g/mol. The standard InChI is InChI=1S/C36H24/c1-2-24-15-20-33-34(21-24)36(30-19-17-26-10-4-6-12-28(26)23-30)32-14-8-7-13-31(32)35(33)29-18-16-25-9-3-5-11-27(25)22-29/h2-23H,1H2. The molecule has 0 aliphatic rings.